The van der Waals surface area contributed by atoms with Crippen LogP contribution in [0.3, 0.4) is 0 Å². The highest BCUT2D eigenvalue weighted by Gasteiger charge is 2.39. The van der Waals surface area contributed by atoms with Crippen LogP contribution in [0.5, 0.6) is 0 Å². The number of amides is 10. The van der Waals surface area contributed by atoms with Crippen LogP contribution in [-0.4, -0.2) is 164 Å². The van der Waals surface area contributed by atoms with Crippen molar-refractivity contribution in [1.82, 2.24) is 46.8 Å². The number of carboxylic acids is 1. The van der Waals surface area contributed by atoms with Gasteiger partial charge in [-0.3, -0.25) is 57.7 Å². The lowest BCUT2D eigenvalue weighted by Gasteiger charge is -2.29. The maximum absolute atomic E-state index is 14.2. The Labute approximate surface area is 396 Å². The first-order valence-electron chi connectivity index (χ1n) is 22.0. The minimum Gasteiger partial charge on any atom is -0.481 e. The van der Waals surface area contributed by atoms with E-state index in [0.29, 0.717) is 6.42 Å². The second kappa shape index (κ2) is 28.7. The van der Waals surface area contributed by atoms with Gasteiger partial charge in [0.05, 0.1) is 12.9 Å². The molecule has 0 radical (unpaired) electrons. The average Bonchev–Trinajstić information content (AvgIpc) is 3.99. The molecule has 21 N–H and O–H groups in total. The largest absolute Gasteiger partial charge is 0.481 e. The lowest BCUT2D eigenvalue weighted by Crippen LogP contribution is -2.61. The second-order valence-corrected chi connectivity index (χ2v) is 16.6. The highest BCUT2D eigenvalue weighted by molar-refractivity contribution is 5.98. The number of nitrogens with two attached hydrogens (primary N) is 6. The molecule has 2 heterocycles. The third-order valence-electron chi connectivity index (χ3n) is 10.7. The fourth-order valence-corrected chi connectivity index (χ4v) is 6.99. The van der Waals surface area contributed by atoms with Crippen molar-refractivity contribution in [1.29, 1.82) is 0 Å². The number of nitrogens with one attached hydrogen (secondary N) is 7. The van der Waals surface area contributed by atoms with Crippen LogP contribution in [0.4, 0.5) is 0 Å². The van der Waals surface area contributed by atoms with Gasteiger partial charge in [0, 0.05) is 50.7 Å². The third kappa shape index (κ3) is 20.1. The molecule has 1 fully saturated rings. The number of aliphatic imine (C=N–C) groups is 1. The molecule has 0 spiro atoms. The first kappa shape index (κ1) is 57.7. The van der Waals surface area contributed by atoms with Crippen molar-refractivity contribution in [3.63, 3.8) is 0 Å². The third-order valence-corrected chi connectivity index (χ3v) is 10.7. The first-order chi connectivity index (χ1) is 32.4. The molecule has 1 saturated heterocycles. The summed E-state index contributed by atoms with van der Waals surface area (Å²) in [5.74, 6) is -11.3. The number of aliphatic hydroxyl groups is 1. The van der Waals surface area contributed by atoms with Gasteiger partial charge >= 0.3 is 5.97 Å². The fourth-order valence-electron chi connectivity index (χ4n) is 6.99. The van der Waals surface area contributed by atoms with Gasteiger partial charge in [0.2, 0.25) is 59.1 Å². The number of carboxylic acid groups (broad SMARTS) is 1. The van der Waals surface area contributed by atoms with Crippen molar-refractivity contribution in [2.75, 3.05) is 19.7 Å². The SMILES string of the molecule is CC(C)[C@H](NC(=O)[C@H](CCCN=C(N)N)NC(=O)[C@H](CCC(N)=O)NC(=O)[C@H](Cc1cnc[nH]1)NC(=O)[C@H](CCC(=O)O)NC(=O)[C@H]1CCCN1C(=O)[C@@H](N)CO)C(=O)N[C@@H](CCC(N)=O)C(N)=O. The van der Waals surface area contributed by atoms with E-state index in [9.17, 15) is 63.0 Å². The zero-order valence-corrected chi connectivity index (χ0v) is 38.4. The van der Waals surface area contributed by atoms with E-state index in [1.54, 1.807) is 13.8 Å². The van der Waals surface area contributed by atoms with Gasteiger partial charge in [0.25, 0.3) is 0 Å². The number of hydrogen-bond donors (Lipinski definition) is 15. The van der Waals surface area contributed by atoms with E-state index in [4.69, 9.17) is 34.4 Å². The molecule has 69 heavy (non-hydrogen) atoms. The zero-order chi connectivity index (χ0) is 52.0. The number of guanidine groups is 1. The molecule has 0 aliphatic carbocycles. The Hall–Kier alpha value is -7.43. The number of rotatable bonds is 31. The monoisotopic (exact) mass is 978 g/mol. The van der Waals surface area contributed by atoms with Crippen LogP contribution in [0.1, 0.15) is 83.7 Å². The van der Waals surface area contributed by atoms with E-state index < -0.39 is 152 Å². The Morgan fingerprint density at radius 1 is 0.739 bits per heavy atom. The lowest BCUT2D eigenvalue weighted by molar-refractivity contribution is -0.141. The number of aliphatic carboxylic acids is 1. The molecule has 384 valence electrons. The maximum Gasteiger partial charge on any atom is 0.303 e. The molecule has 0 bridgehead atoms. The minimum absolute atomic E-state index is 0.0180. The molecule has 10 amide bonds. The van der Waals surface area contributed by atoms with E-state index in [-0.39, 0.29) is 63.3 Å². The Morgan fingerprint density at radius 2 is 1.26 bits per heavy atom. The van der Waals surface area contributed by atoms with Gasteiger partial charge in [-0.2, -0.15) is 0 Å². The number of H-pyrrole nitrogens is 1. The van der Waals surface area contributed by atoms with Crippen molar-refractivity contribution in [2.45, 2.75) is 133 Å². The Kier molecular flexibility index (Phi) is 24.0. The predicted molar refractivity (Wildman–Crippen MR) is 241 cm³/mol. The summed E-state index contributed by atoms with van der Waals surface area (Å²) in [4.78, 5) is 155. The number of likely N-dealkylation sites (tertiary alicyclic amines) is 1. The van der Waals surface area contributed by atoms with E-state index in [2.05, 4.69) is 46.9 Å². The summed E-state index contributed by atoms with van der Waals surface area (Å²) in [7, 11) is 0. The standard InChI is InChI=1S/C40H66N16O13/c1-19(2)31(38(68)50-22(32(44)62)7-10-28(42)58)55-35(65)23(5-3-13-48-40(45)46)51-33(63)24(8-11-29(43)59)52-36(66)26(15-20-16-47-18-49-20)54-34(64)25(9-12-30(60)61)53-37(67)27-6-4-14-56(27)39(69)21(41)17-57/h16,18-19,21-27,31,57H,3-15,17,41H2,1-2H3,(H2,42,58)(H2,43,59)(H2,44,62)(H,47,49)(H,50,68)(H,51,63)(H,52,66)(H,53,67)(H,54,64)(H,55,65)(H,60,61)(H4,45,46,48)/t21-,22-,23-,24-,25-,26-,27+,31-/m0/s1. The fraction of sp³-hybridized carbons (Fsp3) is 0.625. The Bertz CT molecular complexity index is 2010. The second-order valence-electron chi connectivity index (χ2n) is 16.6. The molecule has 8 atom stereocenters. The summed E-state index contributed by atoms with van der Waals surface area (Å²) in [5.41, 5.74) is 32.9. The van der Waals surface area contributed by atoms with Gasteiger partial charge in [0.15, 0.2) is 5.96 Å². The number of carbonyl (C=O) groups is 11. The zero-order valence-electron chi connectivity index (χ0n) is 38.4. The number of imidazole rings is 1. The van der Waals surface area contributed by atoms with Gasteiger partial charge < -0.3 is 86.4 Å². The van der Waals surface area contributed by atoms with Crippen molar-refractivity contribution in [2.24, 2.45) is 45.3 Å². The predicted octanol–water partition coefficient (Wildman–Crippen LogP) is -7.24. The van der Waals surface area contributed by atoms with Gasteiger partial charge in [-0.05, 0) is 50.9 Å². The molecule has 29 nitrogen and oxygen atoms in total. The van der Waals surface area contributed by atoms with E-state index in [1.807, 2.05) is 0 Å². The van der Waals surface area contributed by atoms with Gasteiger partial charge in [-0.1, -0.05) is 13.8 Å². The van der Waals surface area contributed by atoms with Gasteiger partial charge in [-0.25, -0.2) is 4.98 Å². The number of nitrogens with zero attached hydrogens (tertiary/aromatic N) is 3. The van der Waals surface area contributed by atoms with Crippen LogP contribution in [0.15, 0.2) is 17.5 Å². The number of hydrogen-bond acceptors (Lipinski definition) is 15. The molecule has 0 saturated carbocycles. The van der Waals surface area contributed by atoms with Crippen LogP contribution in [-0.2, 0) is 59.2 Å². The van der Waals surface area contributed by atoms with Gasteiger partial charge in [0.1, 0.15) is 48.3 Å². The molecule has 1 aliphatic heterocycles. The Balaban J connectivity index is 2.46. The van der Waals surface area contributed by atoms with Crippen LogP contribution in [0, 0.1) is 5.92 Å². The topological polar surface area (TPSA) is 501 Å². The van der Waals surface area contributed by atoms with Crippen molar-refractivity contribution < 1.29 is 63.0 Å². The van der Waals surface area contributed by atoms with Crippen molar-refractivity contribution >= 4 is 71.0 Å². The van der Waals surface area contributed by atoms with Crippen LogP contribution < -0.4 is 66.3 Å². The van der Waals surface area contributed by atoms with Crippen molar-refractivity contribution in [3.05, 3.63) is 18.2 Å². The molecule has 0 aromatic carbocycles. The highest BCUT2D eigenvalue weighted by atomic mass is 16.4. The smallest absolute Gasteiger partial charge is 0.303 e. The summed E-state index contributed by atoms with van der Waals surface area (Å²) < 4.78 is 0. The van der Waals surface area contributed by atoms with E-state index in [1.165, 1.54) is 12.5 Å². The molecule has 29 heteroatoms. The Morgan fingerprint density at radius 3 is 1.78 bits per heavy atom. The molecular weight excluding hydrogens is 913 g/mol. The number of carbonyl (C=O) groups excluding carboxylic acids is 10. The highest BCUT2D eigenvalue weighted by Crippen LogP contribution is 2.19. The molecule has 2 rings (SSSR count). The van der Waals surface area contributed by atoms with Crippen molar-refractivity contribution in [3.8, 4) is 0 Å². The molecule has 1 aromatic heterocycles. The van der Waals surface area contributed by atoms with Crippen LogP contribution >= 0.6 is 0 Å². The molecule has 0 unspecified atom stereocenters. The van der Waals surface area contributed by atoms with Gasteiger partial charge in [-0.15, -0.1) is 0 Å². The van der Waals surface area contributed by atoms with Crippen LogP contribution in [0.2, 0.25) is 0 Å². The summed E-state index contributed by atoms with van der Waals surface area (Å²) >= 11 is 0. The number of aromatic nitrogens is 2. The summed E-state index contributed by atoms with van der Waals surface area (Å²) in [5, 5.41) is 33.7. The maximum atomic E-state index is 14.2. The number of aromatic amines is 1. The summed E-state index contributed by atoms with van der Waals surface area (Å²) in [6, 6.07) is -11.4. The summed E-state index contributed by atoms with van der Waals surface area (Å²) in [6.07, 6.45) is 0.192. The average molecular weight is 979 g/mol. The van der Waals surface area contributed by atoms with E-state index in [0.717, 1.165) is 4.90 Å². The minimum atomic E-state index is -1.64. The van der Waals surface area contributed by atoms with E-state index >= 15 is 0 Å². The summed E-state index contributed by atoms with van der Waals surface area (Å²) in [6.45, 7) is 2.54. The molecular formula is C40H66N16O13. The normalized spacial score (nSPS) is 16.2. The molecule has 1 aromatic rings. The first-order valence-corrected chi connectivity index (χ1v) is 22.0. The number of primary amides is 3. The number of aliphatic hydroxyl groups excluding tert-OH is 1. The lowest BCUT2D eigenvalue weighted by atomic mass is 10.0. The van der Waals surface area contributed by atoms with Crippen LogP contribution in [0.25, 0.3) is 0 Å². The quantitative estimate of drug-likeness (QED) is 0.0187. The molecule has 1 aliphatic rings.